The number of pyridine rings is 1. The smallest absolute Gasteiger partial charge is 0.422 e. The zero-order chi connectivity index (χ0) is 15.7. The maximum atomic E-state index is 12.4. The number of fused-ring (bicyclic) bond motifs is 1. The molecule has 2 heterocycles. The van der Waals surface area contributed by atoms with Gasteiger partial charge in [0.2, 0.25) is 0 Å². The Labute approximate surface area is 123 Å². The number of aromatic nitrogens is 1. The Morgan fingerprint density at radius 2 is 1.95 bits per heavy atom. The second-order valence-corrected chi connectivity index (χ2v) is 4.77. The number of hydrogen-bond donors (Lipinski definition) is 1. The minimum absolute atomic E-state index is 0.0834. The van der Waals surface area contributed by atoms with Crippen molar-refractivity contribution < 1.29 is 22.7 Å². The van der Waals surface area contributed by atoms with Gasteiger partial charge in [-0.15, -0.1) is 0 Å². The van der Waals surface area contributed by atoms with Gasteiger partial charge in [-0.25, -0.2) is 0 Å². The lowest BCUT2D eigenvalue weighted by molar-refractivity contribution is -0.153. The molecule has 22 heavy (non-hydrogen) atoms. The zero-order valence-electron chi connectivity index (χ0n) is 11.3. The molecule has 7 heteroatoms. The maximum absolute atomic E-state index is 12.4. The van der Waals surface area contributed by atoms with Gasteiger partial charge in [-0.1, -0.05) is 12.1 Å². The quantitative estimate of drug-likeness (QED) is 0.948. The van der Waals surface area contributed by atoms with E-state index in [1.54, 1.807) is 24.3 Å². The van der Waals surface area contributed by atoms with Crippen LogP contribution in [0.5, 0.6) is 5.75 Å². The lowest BCUT2D eigenvalue weighted by Crippen LogP contribution is -2.19. The molecule has 3 rings (SSSR count). The molecule has 1 aliphatic heterocycles. The molecule has 1 amide bonds. The molecule has 0 atom stereocenters. The summed E-state index contributed by atoms with van der Waals surface area (Å²) in [6, 6.07) is 7.92. The predicted molar refractivity (Wildman–Crippen MR) is 72.4 cm³/mol. The highest BCUT2D eigenvalue weighted by atomic mass is 19.4. The molecule has 0 aliphatic carbocycles. The van der Waals surface area contributed by atoms with Crippen LogP contribution in [0.3, 0.4) is 0 Å². The van der Waals surface area contributed by atoms with E-state index < -0.39 is 12.8 Å². The van der Waals surface area contributed by atoms with Gasteiger partial charge in [-0.2, -0.15) is 13.2 Å². The molecule has 1 aliphatic rings. The second kappa shape index (κ2) is 5.32. The molecule has 0 fully saturated rings. The van der Waals surface area contributed by atoms with E-state index in [0.717, 1.165) is 0 Å². The zero-order valence-corrected chi connectivity index (χ0v) is 11.3. The topological polar surface area (TPSA) is 51.2 Å². The summed E-state index contributed by atoms with van der Waals surface area (Å²) in [6.07, 6.45) is -2.96. The fraction of sp³-hybridized carbons (Fsp3) is 0.200. The van der Waals surface area contributed by atoms with Crippen molar-refractivity contribution >= 4 is 5.91 Å². The Balaban J connectivity index is 2.02. The lowest BCUT2D eigenvalue weighted by Gasteiger charge is -2.14. The molecule has 1 aromatic carbocycles. The third-order valence-electron chi connectivity index (χ3n) is 3.26. The summed E-state index contributed by atoms with van der Waals surface area (Å²) >= 11 is 0. The minimum Gasteiger partial charge on any atom is -0.483 e. The number of halogens is 3. The van der Waals surface area contributed by atoms with E-state index in [2.05, 4.69) is 10.3 Å². The molecule has 114 valence electrons. The molecule has 1 N–H and O–H groups in total. The highest BCUT2D eigenvalue weighted by molar-refractivity contribution is 6.00. The van der Waals surface area contributed by atoms with Crippen LogP contribution < -0.4 is 10.1 Å². The van der Waals surface area contributed by atoms with E-state index >= 15 is 0 Å². The number of ether oxygens (including phenoxy) is 1. The van der Waals surface area contributed by atoms with E-state index in [0.29, 0.717) is 28.9 Å². The van der Waals surface area contributed by atoms with Gasteiger partial charge in [0.1, 0.15) is 5.75 Å². The predicted octanol–water partition coefficient (Wildman–Crippen LogP) is 2.93. The Kier molecular flexibility index (Phi) is 3.48. The van der Waals surface area contributed by atoms with Crippen molar-refractivity contribution in [3.05, 3.63) is 47.7 Å². The Morgan fingerprint density at radius 1 is 1.18 bits per heavy atom. The molecular weight excluding hydrogens is 297 g/mol. The molecule has 2 aromatic rings. The first-order valence-corrected chi connectivity index (χ1v) is 6.51. The average molecular weight is 308 g/mol. The van der Waals surface area contributed by atoms with Gasteiger partial charge in [0.05, 0.1) is 5.69 Å². The van der Waals surface area contributed by atoms with Gasteiger partial charge in [-0.3, -0.25) is 9.78 Å². The molecule has 0 bridgehead atoms. The Morgan fingerprint density at radius 3 is 2.73 bits per heavy atom. The van der Waals surface area contributed by atoms with Crippen molar-refractivity contribution in [3.63, 3.8) is 0 Å². The van der Waals surface area contributed by atoms with Crippen LogP contribution in [0.15, 0.2) is 36.5 Å². The molecule has 0 saturated heterocycles. The number of para-hydroxylation sites is 1. The van der Waals surface area contributed by atoms with Crippen LogP contribution in [-0.4, -0.2) is 23.7 Å². The number of alkyl halides is 3. The molecule has 0 unspecified atom stereocenters. The normalized spacial score (nSPS) is 13.7. The van der Waals surface area contributed by atoms with Crippen LogP contribution in [-0.2, 0) is 6.54 Å². The third kappa shape index (κ3) is 2.74. The number of amides is 1. The summed E-state index contributed by atoms with van der Waals surface area (Å²) in [7, 11) is 0. The number of nitrogens with one attached hydrogen (secondary N) is 1. The Hall–Kier alpha value is -2.57. The molecule has 0 spiro atoms. The number of carbonyl (C=O) groups excluding carboxylic acids is 1. The number of nitrogens with zero attached hydrogens (tertiary/aromatic N) is 1. The van der Waals surface area contributed by atoms with Crippen molar-refractivity contribution in [3.8, 4) is 17.0 Å². The van der Waals surface area contributed by atoms with Gasteiger partial charge in [0.25, 0.3) is 5.91 Å². The average Bonchev–Trinajstić information content (AvgIpc) is 2.87. The molecule has 0 saturated carbocycles. The first-order valence-electron chi connectivity index (χ1n) is 6.51. The van der Waals surface area contributed by atoms with Crippen LogP contribution in [0.25, 0.3) is 11.3 Å². The standard InChI is InChI=1S/C15H11F3N2O2/c16-15(17,18)8-22-12-4-2-1-3-10(12)13-11-7-20-14(21)9(11)5-6-19-13/h1-6H,7-8H2,(H,20,21). The van der Waals surface area contributed by atoms with Gasteiger partial charge < -0.3 is 10.1 Å². The fourth-order valence-electron chi connectivity index (χ4n) is 2.33. The maximum Gasteiger partial charge on any atom is 0.422 e. The summed E-state index contributed by atoms with van der Waals surface area (Å²) in [6.45, 7) is -1.08. The lowest BCUT2D eigenvalue weighted by atomic mass is 10.0. The van der Waals surface area contributed by atoms with Crippen LogP contribution in [0.1, 0.15) is 15.9 Å². The van der Waals surface area contributed by atoms with Crippen molar-refractivity contribution in [2.45, 2.75) is 12.7 Å². The van der Waals surface area contributed by atoms with Crippen LogP contribution in [0, 0.1) is 0 Å². The van der Waals surface area contributed by atoms with Crippen molar-refractivity contribution in [1.29, 1.82) is 0 Å². The monoisotopic (exact) mass is 308 g/mol. The van der Waals surface area contributed by atoms with Crippen molar-refractivity contribution in [1.82, 2.24) is 10.3 Å². The minimum atomic E-state index is -4.42. The van der Waals surface area contributed by atoms with E-state index in [1.807, 2.05) is 0 Å². The number of hydrogen-bond acceptors (Lipinski definition) is 3. The molecule has 0 radical (unpaired) electrons. The summed E-state index contributed by atoms with van der Waals surface area (Å²) in [5.41, 5.74) is 2.03. The number of rotatable bonds is 3. The van der Waals surface area contributed by atoms with Gasteiger partial charge in [0.15, 0.2) is 6.61 Å². The van der Waals surface area contributed by atoms with E-state index in [4.69, 9.17) is 4.74 Å². The first-order chi connectivity index (χ1) is 10.5. The van der Waals surface area contributed by atoms with Crippen LogP contribution in [0.4, 0.5) is 13.2 Å². The van der Waals surface area contributed by atoms with Crippen LogP contribution in [0.2, 0.25) is 0 Å². The highest BCUT2D eigenvalue weighted by Gasteiger charge is 2.29. The van der Waals surface area contributed by atoms with E-state index in [9.17, 15) is 18.0 Å². The van der Waals surface area contributed by atoms with Crippen molar-refractivity contribution in [2.24, 2.45) is 0 Å². The van der Waals surface area contributed by atoms with Gasteiger partial charge in [-0.05, 0) is 18.2 Å². The largest absolute Gasteiger partial charge is 0.483 e. The van der Waals surface area contributed by atoms with Crippen LogP contribution >= 0.6 is 0 Å². The summed E-state index contributed by atoms with van der Waals surface area (Å²) in [4.78, 5) is 15.9. The summed E-state index contributed by atoms with van der Waals surface area (Å²) in [5.74, 6) is -0.132. The molecule has 4 nitrogen and oxygen atoms in total. The van der Waals surface area contributed by atoms with Gasteiger partial charge in [0, 0.05) is 29.4 Å². The van der Waals surface area contributed by atoms with Gasteiger partial charge >= 0.3 is 6.18 Å². The fourth-order valence-corrected chi connectivity index (χ4v) is 2.33. The van der Waals surface area contributed by atoms with Crippen molar-refractivity contribution in [2.75, 3.05) is 6.61 Å². The Bertz CT molecular complexity index is 729. The third-order valence-corrected chi connectivity index (χ3v) is 3.26. The summed E-state index contributed by atoms with van der Waals surface area (Å²) in [5, 5.41) is 2.67. The SMILES string of the molecule is O=C1NCc2c1ccnc2-c1ccccc1OCC(F)(F)F. The van der Waals surface area contributed by atoms with E-state index in [-0.39, 0.29) is 11.7 Å². The number of carbonyl (C=O) groups is 1. The molecular formula is C15H11F3N2O2. The number of benzene rings is 1. The first kappa shape index (κ1) is 14.4. The van der Waals surface area contributed by atoms with E-state index in [1.165, 1.54) is 12.3 Å². The second-order valence-electron chi connectivity index (χ2n) is 4.77. The highest BCUT2D eigenvalue weighted by Crippen LogP contribution is 2.34. The summed E-state index contributed by atoms with van der Waals surface area (Å²) < 4.78 is 41.9. The molecule has 1 aromatic heterocycles.